The van der Waals surface area contributed by atoms with Crippen LogP contribution in [0, 0.1) is 42.9 Å². The smallest absolute Gasteiger partial charge is 0.239 e. The SMILES string of the molecule is Cc1nn(Cc2c(F)c(F)c(F)c(F)c2F)c(C)c1NC(=O)CCl. The number of amides is 1. The largest absolute Gasteiger partial charge is 0.322 e. The van der Waals surface area contributed by atoms with Crippen molar-refractivity contribution in [2.45, 2.75) is 20.4 Å². The van der Waals surface area contributed by atoms with Crippen molar-refractivity contribution in [2.24, 2.45) is 0 Å². The van der Waals surface area contributed by atoms with Crippen molar-refractivity contribution in [1.29, 1.82) is 0 Å². The second kappa shape index (κ2) is 6.76. The first-order chi connectivity index (χ1) is 11.2. The molecule has 130 valence electrons. The Morgan fingerprint density at radius 3 is 2.04 bits per heavy atom. The number of anilines is 1. The van der Waals surface area contributed by atoms with Crippen LogP contribution < -0.4 is 5.32 Å². The summed E-state index contributed by atoms with van der Waals surface area (Å²) in [6.07, 6.45) is 0. The minimum absolute atomic E-state index is 0.254. The van der Waals surface area contributed by atoms with E-state index < -0.39 is 47.1 Å². The first-order valence-electron chi connectivity index (χ1n) is 6.59. The van der Waals surface area contributed by atoms with Crippen LogP contribution in [0.1, 0.15) is 17.0 Å². The molecule has 0 saturated heterocycles. The van der Waals surface area contributed by atoms with E-state index in [0.29, 0.717) is 5.69 Å². The molecule has 0 atom stereocenters. The second-order valence-corrected chi connectivity index (χ2v) is 5.20. The Hall–Kier alpha value is -2.16. The number of nitrogens with zero attached hydrogens (tertiary/aromatic N) is 2. The van der Waals surface area contributed by atoms with Crippen LogP contribution in [0.4, 0.5) is 27.6 Å². The van der Waals surface area contributed by atoms with Crippen LogP contribution in [0.25, 0.3) is 0 Å². The summed E-state index contributed by atoms with van der Waals surface area (Å²) in [5.74, 6) is -11.0. The van der Waals surface area contributed by atoms with Crippen LogP contribution in [0.2, 0.25) is 0 Å². The predicted molar refractivity (Wildman–Crippen MR) is 76.4 cm³/mol. The molecule has 0 unspecified atom stereocenters. The summed E-state index contributed by atoms with van der Waals surface area (Å²) in [6, 6.07) is 0. The number of hydrogen-bond acceptors (Lipinski definition) is 2. The van der Waals surface area contributed by atoms with Crippen LogP contribution in [0.15, 0.2) is 0 Å². The van der Waals surface area contributed by atoms with E-state index in [1.54, 1.807) is 0 Å². The van der Waals surface area contributed by atoms with Gasteiger partial charge >= 0.3 is 0 Å². The van der Waals surface area contributed by atoms with Gasteiger partial charge < -0.3 is 5.32 Å². The zero-order valence-electron chi connectivity index (χ0n) is 12.5. The molecule has 1 aromatic heterocycles. The molecule has 2 aromatic rings. The molecule has 1 aromatic carbocycles. The van der Waals surface area contributed by atoms with Gasteiger partial charge in [0.1, 0.15) is 5.88 Å². The maximum atomic E-state index is 13.7. The Bertz CT molecular complexity index is 792. The Morgan fingerprint density at radius 2 is 1.54 bits per heavy atom. The third-order valence-electron chi connectivity index (χ3n) is 3.38. The van der Waals surface area contributed by atoms with Crippen molar-refractivity contribution in [3.63, 3.8) is 0 Å². The number of rotatable bonds is 4. The van der Waals surface area contributed by atoms with Gasteiger partial charge in [0.15, 0.2) is 23.3 Å². The number of halogens is 6. The number of aryl methyl sites for hydroxylation is 1. The van der Waals surface area contributed by atoms with Crippen LogP contribution in [0.3, 0.4) is 0 Å². The molecule has 10 heteroatoms. The molecule has 0 spiro atoms. The molecular formula is C14H11ClF5N3O. The molecule has 0 aliphatic heterocycles. The Labute approximate surface area is 138 Å². The molecular weight excluding hydrogens is 357 g/mol. The van der Waals surface area contributed by atoms with Gasteiger partial charge in [-0.1, -0.05) is 0 Å². The Kier molecular flexibility index (Phi) is 5.12. The predicted octanol–water partition coefficient (Wildman–Crippen LogP) is 3.42. The quantitative estimate of drug-likeness (QED) is 0.389. The van der Waals surface area contributed by atoms with Crippen LogP contribution in [-0.4, -0.2) is 21.6 Å². The van der Waals surface area contributed by atoms with E-state index in [9.17, 15) is 26.7 Å². The van der Waals surface area contributed by atoms with Gasteiger partial charge in [-0.15, -0.1) is 11.6 Å². The molecule has 0 bridgehead atoms. The van der Waals surface area contributed by atoms with Gasteiger partial charge in [0.05, 0.1) is 29.2 Å². The average molecular weight is 368 g/mol. The topological polar surface area (TPSA) is 46.9 Å². The standard InChI is InChI=1S/C14H11ClF5N3O/c1-5-14(21-8(24)3-15)6(2)23(22-5)4-7-9(16)11(18)13(20)12(19)10(7)17/h3-4H2,1-2H3,(H,21,24). The first-order valence-corrected chi connectivity index (χ1v) is 7.12. The van der Waals surface area contributed by atoms with Gasteiger partial charge in [0.2, 0.25) is 11.7 Å². The van der Waals surface area contributed by atoms with Crippen molar-refractivity contribution in [3.05, 3.63) is 46.0 Å². The highest BCUT2D eigenvalue weighted by molar-refractivity contribution is 6.29. The van der Waals surface area contributed by atoms with E-state index in [2.05, 4.69) is 10.4 Å². The van der Waals surface area contributed by atoms with Crippen molar-refractivity contribution in [2.75, 3.05) is 11.2 Å². The molecule has 0 saturated carbocycles. The molecule has 0 aliphatic rings. The van der Waals surface area contributed by atoms with Crippen LogP contribution >= 0.6 is 11.6 Å². The molecule has 0 aliphatic carbocycles. The van der Waals surface area contributed by atoms with E-state index in [1.807, 2.05) is 0 Å². The van der Waals surface area contributed by atoms with Gasteiger partial charge in [-0.25, -0.2) is 22.0 Å². The zero-order valence-corrected chi connectivity index (χ0v) is 13.2. The third-order valence-corrected chi connectivity index (χ3v) is 3.62. The molecule has 1 amide bonds. The van der Waals surface area contributed by atoms with Crippen molar-refractivity contribution in [3.8, 4) is 0 Å². The van der Waals surface area contributed by atoms with Crippen molar-refractivity contribution in [1.82, 2.24) is 9.78 Å². The highest BCUT2D eigenvalue weighted by atomic mass is 35.5. The third kappa shape index (κ3) is 3.08. The fourth-order valence-corrected chi connectivity index (χ4v) is 2.21. The van der Waals surface area contributed by atoms with E-state index in [-0.39, 0.29) is 17.3 Å². The lowest BCUT2D eigenvalue weighted by atomic mass is 10.1. The monoisotopic (exact) mass is 367 g/mol. The summed E-state index contributed by atoms with van der Waals surface area (Å²) in [6.45, 7) is 2.27. The lowest BCUT2D eigenvalue weighted by molar-refractivity contribution is -0.113. The summed E-state index contributed by atoms with van der Waals surface area (Å²) in [5.41, 5.74) is -0.193. The number of hydrogen-bond donors (Lipinski definition) is 1. The second-order valence-electron chi connectivity index (χ2n) is 4.93. The van der Waals surface area contributed by atoms with E-state index >= 15 is 0 Å². The van der Waals surface area contributed by atoms with Crippen LogP contribution in [-0.2, 0) is 11.3 Å². The molecule has 2 rings (SSSR count). The van der Waals surface area contributed by atoms with Crippen molar-refractivity contribution < 1.29 is 26.7 Å². The van der Waals surface area contributed by atoms with Gasteiger partial charge in [-0.3, -0.25) is 9.48 Å². The maximum Gasteiger partial charge on any atom is 0.239 e. The summed E-state index contributed by atoms with van der Waals surface area (Å²) in [5, 5.41) is 6.39. The van der Waals surface area contributed by atoms with Gasteiger partial charge in [0.25, 0.3) is 0 Å². The van der Waals surface area contributed by atoms with E-state index in [0.717, 1.165) is 4.68 Å². The number of aromatic nitrogens is 2. The summed E-state index contributed by atoms with van der Waals surface area (Å²) in [4.78, 5) is 11.3. The number of carbonyl (C=O) groups excluding carboxylic acids is 1. The Morgan fingerprint density at radius 1 is 1.04 bits per heavy atom. The summed E-state index contributed by atoms with van der Waals surface area (Å²) in [7, 11) is 0. The van der Waals surface area contributed by atoms with Crippen LogP contribution in [0.5, 0.6) is 0 Å². The highest BCUT2D eigenvalue weighted by Crippen LogP contribution is 2.26. The summed E-state index contributed by atoms with van der Waals surface area (Å²) >= 11 is 5.38. The molecule has 4 nitrogen and oxygen atoms in total. The van der Waals surface area contributed by atoms with E-state index in [1.165, 1.54) is 13.8 Å². The maximum absolute atomic E-state index is 13.7. The summed E-state index contributed by atoms with van der Waals surface area (Å²) < 4.78 is 68.1. The van der Waals surface area contributed by atoms with E-state index in [4.69, 9.17) is 11.6 Å². The highest BCUT2D eigenvalue weighted by Gasteiger charge is 2.26. The molecule has 1 N–H and O–H groups in total. The molecule has 0 fully saturated rings. The molecule has 24 heavy (non-hydrogen) atoms. The fourth-order valence-electron chi connectivity index (χ4n) is 2.14. The minimum atomic E-state index is -2.22. The van der Waals surface area contributed by atoms with Crippen molar-refractivity contribution >= 4 is 23.2 Å². The Balaban J connectivity index is 2.47. The van der Waals surface area contributed by atoms with Gasteiger partial charge in [-0.2, -0.15) is 5.10 Å². The zero-order chi connectivity index (χ0) is 18.2. The average Bonchev–Trinajstić information content (AvgIpc) is 2.82. The van der Waals surface area contributed by atoms with Gasteiger partial charge in [-0.05, 0) is 13.8 Å². The first kappa shape index (κ1) is 18.2. The lowest BCUT2D eigenvalue weighted by Gasteiger charge is -2.10. The molecule has 1 heterocycles. The normalized spacial score (nSPS) is 11.0. The lowest BCUT2D eigenvalue weighted by Crippen LogP contribution is -2.15. The number of benzene rings is 1. The molecule has 0 radical (unpaired) electrons. The number of nitrogens with one attached hydrogen (secondary N) is 1. The number of alkyl halides is 1. The fraction of sp³-hybridized carbons (Fsp3) is 0.286. The number of carbonyl (C=O) groups is 1. The van der Waals surface area contributed by atoms with Gasteiger partial charge in [0, 0.05) is 0 Å². The minimum Gasteiger partial charge on any atom is -0.322 e.